The number of hydrogen-bond donors (Lipinski definition) is 0. The molecule has 1 nitrogen and oxygen atoms in total. The lowest BCUT2D eigenvalue weighted by molar-refractivity contribution is 0.179. The van der Waals surface area contributed by atoms with Crippen LogP contribution in [0.2, 0.25) is 0 Å². The summed E-state index contributed by atoms with van der Waals surface area (Å²) in [4.78, 5) is 2.63. The zero-order valence-electron chi connectivity index (χ0n) is 11.8. The summed E-state index contributed by atoms with van der Waals surface area (Å²) < 4.78 is 0. The number of benzene rings is 1. The van der Waals surface area contributed by atoms with Crippen molar-refractivity contribution < 1.29 is 0 Å². The van der Waals surface area contributed by atoms with E-state index in [0.717, 1.165) is 17.8 Å². The maximum atomic E-state index is 3.64. The van der Waals surface area contributed by atoms with Crippen molar-refractivity contribution >= 4 is 15.9 Å². The van der Waals surface area contributed by atoms with Crippen molar-refractivity contribution in [3.05, 3.63) is 34.4 Å². The Kier molecular flexibility index (Phi) is 4.85. The molecule has 1 unspecified atom stereocenters. The number of likely N-dealkylation sites (tertiary alicyclic amines) is 1. The van der Waals surface area contributed by atoms with Crippen molar-refractivity contribution in [2.45, 2.75) is 40.2 Å². The number of halogens is 1. The van der Waals surface area contributed by atoms with E-state index in [2.05, 4.69) is 53.7 Å². The van der Waals surface area contributed by atoms with E-state index < -0.39 is 0 Å². The molecular weight excluding hydrogens is 286 g/mol. The topological polar surface area (TPSA) is 3.24 Å². The molecule has 1 aromatic carbocycles. The van der Waals surface area contributed by atoms with Crippen molar-refractivity contribution in [1.82, 2.24) is 4.90 Å². The Balaban J connectivity index is 2.09. The van der Waals surface area contributed by atoms with Gasteiger partial charge in [-0.05, 0) is 62.8 Å². The number of nitrogens with zero attached hydrogens (tertiary/aromatic N) is 1. The molecular formula is C16H24BrN. The maximum Gasteiger partial charge on any atom is 0.0239 e. The molecule has 100 valence electrons. The van der Waals surface area contributed by atoms with Gasteiger partial charge < -0.3 is 0 Å². The summed E-state index contributed by atoms with van der Waals surface area (Å²) in [5.74, 6) is 0.838. The van der Waals surface area contributed by atoms with Crippen LogP contribution in [0.3, 0.4) is 0 Å². The summed E-state index contributed by atoms with van der Waals surface area (Å²) in [5.41, 5.74) is 5.82. The summed E-state index contributed by atoms with van der Waals surface area (Å²) in [5, 5.41) is 1.15. The molecule has 0 N–H and O–H groups in total. The van der Waals surface area contributed by atoms with E-state index in [-0.39, 0.29) is 0 Å². The van der Waals surface area contributed by atoms with Gasteiger partial charge in [-0.3, -0.25) is 4.90 Å². The zero-order chi connectivity index (χ0) is 13.1. The van der Waals surface area contributed by atoms with Gasteiger partial charge in [0.1, 0.15) is 0 Å². The highest BCUT2D eigenvalue weighted by Gasteiger charge is 2.19. The van der Waals surface area contributed by atoms with Crippen LogP contribution in [0, 0.1) is 26.7 Å². The van der Waals surface area contributed by atoms with Gasteiger partial charge in [0.2, 0.25) is 0 Å². The minimum atomic E-state index is 0.838. The molecule has 2 heteroatoms. The molecule has 0 aliphatic carbocycles. The summed E-state index contributed by atoms with van der Waals surface area (Å²) in [7, 11) is 0. The lowest BCUT2D eigenvalue weighted by Gasteiger charge is -2.32. The van der Waals surface area contributed by atoms with Gasteiger partial charge in [0.15, 0.2) is 0 Å². The Morgan fingerprint density at radius 3 is 2.50 bits per heavy atom. The third-order valence-corrected chi connectivity index (χ3v) is 4.96. The predicted molar refractivity (Wildman–Crippen MR) is 82.4 cm³/mol. The number of piperidine rings is 1. The molecule has 2 rings (SSSR count). The molecule has 1 aliphatic rings. The van der Waals surface area contributed by atoms with Crippen LogP contribution >= 0.6 is 15.9 Å². The Labute approximate surface area is 120 Å². The fraction of sp³-hybridized carbons (Fsp3) is 0.625. The van der Waals surface area contributed by atoms with E-state index in [1.807, 2.05) is 0 Å². The van der Waals surface area contributed by atoms with E-state index >= 15 is 0 Å². The largest absolute Gasteiger partial charge is 0.299 e. The monoisotopic (exact) mass is 309 g/mol. The molecule has 1 saturated heterocycles. The Morgan fingerprint density at radius 1 is 1.22 bits per heavy atom. The van der Waals surface area contributed by atoms with Crippen LogP contribution < -0.4 is 0 Å². The van der Waals surface area contributed by atoms with Gasteiger partial charge in [0, 0.05) is 18.4 Å². The van der Waals surface area contributed by atoms with Crippen LogP contribution in [0.5, 0.6) is 0 Å². The first kappa shape index (κ1) is 14.1. The fourth-order valence-electron chi connectivity index (χ4n) is 3.10. The average molecular weight is 310 g/mol. The first-order valence-corrected chi connectivity index (χ1v) is 8.07. The van der Waals surface area contributed by atoms with E-state index in [0.29, 0.717) is 0 Å². The molecule has 0 spiro atoms. The van der Waals surface area contributed by atoms with Crippen molar-refractivity contribution in [3.63, 3.8) is 0 Å². The van der Waals surface area contributed by atoms with Gasteiger partial charge >= 0.3 is 0 Å². The highest BCUT2D eigenvalue weighted by atomic mass is 79.9. The number of aryl methyl sites for hydroxylation is 3. The van der Waals surface area contributed by atoms with Gasteiger partial charge in [-0.15, -0.1) is 0 Å². The molecule has 1 heterocycles. The molecule has 1 fully saturated rings. The molecule has 1 aromatic rings. The lowest BCUT2D eigenvalue weighted by atomic mass is 9.96. The number of hydrogen-bond acceptors (Lipinski definition) is 1. The summed E-state index contributed by atoms with van der Waals surface area (Å²) in [6.07, 6.45) is 2.73. The van der Waals surface area contributed by atoms with Crippen LogP contribution in [0.15, 0.2) is 12.1 Å². The summed E-state index contributed by atoms with van der Waals surface area (Å²) in [6.45, 7) is 10.3. The number of rotatable bonds is 3. The van der Waals surface area contributed by atoms with Crippen molar-refractivity contribution in [2.24, 2.45) is 5.92 Å². The van der Waals surface area contributed by atoms with Crippen LogP contribution in [-0.4, -0.2) is 23.3 Å². The highest BCUT2D eigenvalue weighted by Crippen LogP contribution is 2.23. The van der Waals surface area contributed by atoms with Gasteiger partial charge in [0.05, 0.1) is 0 Å². The minimum absolute atomic E-state index is 0.838. The van der Waals surface area contributed by atoms with Crippen LogP contribution in [0.1, 0.15) is 35.1 Å². The smallest absolute Gasteiger partial charge is 0.0239 e. The SMILES string of the molecule is Cc1cc(C)c(CN2CCCC(CBr)C2)c(C)c1. The second-order valence-corrected chi connectivity index (χ2v) is 6.42. The van der Waals surface area contributed by atoms with Crippen LogP contribution in [0.25, 0.3) is 0 Å². The van der Waals surface area contributed by atoms with Crippen molar-refractivity contribution in [1.29, 1.82) is 0 Å². The molecule has 1 aliphatic heterocycles. The first-order valence-electron chi connectivity index (χ1n) is 6.95. The highest BCUT2D eigenvalue weighted by molar-refractivity contribution is 9.09. The minimum Gasteiger partial charge on any atom is -0.299 e. The molecule has 0 aromatic heterocycles. The molecule has 1 atom stereocenters. The normalized spacial score (nSPS) is 21.2. The average Bonchev–Trinajstić information content (AvgIpc) is 2.34. The second-order valence-electron chi connectivity index (χ2n) is 5.77. The molecule has 0 amide bonds. The molecule has 0 bridgehead atoms. The molecule has 0 saturated carbocycles. The van der Waals surface area contributed by atoms with Crippen LogP contribution in [0.4, 0.5) is 0 Å². The first-order chi connectivity index (χ1) is 8.60. The van der Waals surface area contributed by atoms with E-state index in [4.69, 9.17) is 0 Å². The Bertz CT molecular complexity index is 391. The van der Waals surface area contributed by atoms with Crippen LogP contribution in [-0.2, 0) is 6.54 Å². The molecule has 0 radical (unpaired) electrons. The van der Waals surface area contributed by atoms with E-state index in [9.17, 15) is 0 Å². The third-order valence-electron chi connectivity index (χ3n) is 4.04. The maximum absolute atomic E-state index is 3.64. The lowest BCUT2D eigenvalue weighted by Crippen LogP contribution is -2.35. The van der Waals surface area contributed by atoms with Crippen molar-refractivity contribution in [2.75, 3.05) is 18.4 Å². The third kappa shape index (κ3) is 3.36. The predicted octanol–water partition coefficient (Wildman–Crippen LogP) is 4.22. The van der Waals surface area contributed by atoms with E-state index in [1.165, 1.54) is 48.2 Å². The fourth-order valence-corrected chi connectivity index (χ4v) is 3.63. The standard InChI is InChI=1S/C16H24BrN/c1-12-7-13(2)16(14(3)8-12)11-18-6-4-5-15(9-17)10-18/h7-8,15H,4-6,9-11H2,1-3H3. The van der Waals surface area contributed by atoms with Gasteiger partial charge in [-0.2, -0.15) is 0 Å². The summed E-state index contributed by atoms with van der Waals surface area (Å²) >= 11 is 3.64. The Morgan fingerprint density at radius 2 is 1.89 bits per heavy atom. The van der Waals surface area contributed by atoms with Gasteiger partial charge in [-0.1, -0.05) is 33.6 Å². The molecule has 18 heavy (non-hydrogen) atoms. The second kappa shape index (κ2) is 6.21. The quantitative estimate of drug-likeness (QED) is 0.756. The number of alkyl halides is 1. The van der Waals surface area contributed by atoms with E-state index in [1.54, 1.807) is 0 Å². The van der Waals surface area contributed by atoms with Crippen molar-refractivity contribution in [3.8, 4) is 0 Å². The van der Waals surface area contributed by atoms with Gasteiger partial charge in [-0.25, -0.2) is 0 Å². The zero-order valence-corrected chi connectivity index (χ0v) is 13.4. The summed E-state index contributed by atoms with van der Waals surface area (Å²) in [6, 6.07) is 4.63. The Hall–Kier alpha value is -0.340. The van der Waals surface area contributed by atoms with Gasteiger partial charge in [0.25, 0.3) is 0 Å².